The molecule has 1 aromatic rings. The van der Waals surface area contributed by atoms with Gasteiger partial charge in [-0.05, 0) is 58.5 Å². The van der Waals surface area contributed by atoms with Gasteiger partial charge in [-0.1, -0.05) is 6.42 Å². The van der Waals surface area contributed by atoms with Gasteiger partial charge in [0, 0.05) is 57.3 Å². The fraction of sp³-hybridized carbons (Fsp3) is 0.846. The summed E-state index contributed by atoms with van der Waals surface area (Å²) in [6.45, 7) is 6.62. The van der Waals surface area contributed by atoms with E-state index >= 15 is 0 Å². The third kappa shape index (κ3) is 5.50. The van der Waals surface area contributed by atoms with Gasteiger partial charge in [0.25, 0.3) is 0 Å². The first kappa shape index (κ1) is 25.6. The highest BCUT2D eigenvalue weighted by Gasteiger charge is 2.40. The molecule has 2 fully saturated rings. The van der Waals surface area contributed by atoms with Crippen LogP contribution in [0.2, 0.25) is 0 Å². The monoisotopic (exact) mass is 475 g/mol. The highest BCUT2D eigenvalue weighted by Crippen LogP contribution is 2.46. The average molecular weight is 476 g/mol. The maximum atomic E-state index is 13.1. The largest absolute Gasteiger partial charge is 0.384 e. The van der Waals surface area contributed by atoms with E-state index in [-0.39, 0.29) is 11.3 Å². The lowest BCUT2D eigenvalue weighted by Crippen LogP contribution is -2.43. The molecular weight excluding hydrogens is 430 g/mol. The molecule has 8 heteroatoms. The van der Waals surface area contributed by atoms with Crippen LogP contribution in [0.4, 0.5) is 0 Å². The zero-order valence-corrected chi connectivity index (χ0v) is 21.8. The second-order valence-corrected chi connectivity index (χ2v) is 10.9. The van der Waals surface area contributed by atoms with Gasteiger partial charge in [0.05, 0.1) is 37.7 Å². The molecule has 0 spiro atoms. The number of amides is 1. The lowest BCUT2D eigenvalue weighted by Gasteiger charge is -2.40. The standard InChI is InChI=1S/C26H45N5O3/c1-27-12-13-29(2)16-22-24(20-8-10-26(11-9-20,18-33-3)19-34-4)23-17-30(14-15-31(23)28-22)25(32)21-6-5-7-21/h20-21,27H,5-19H2,1-4H3. The zero-order chi connectivity index (χ0) is 24.1. The summed E-state index contributed by atoms with van der Waals surface area (Å²) in [6, 6.07) is 0. The number of fused-ring (bicyclic) bond motifs is 1. The van der Waals surface area contributed by atoms with Gasteiger partial charge in [-0.2, -0.15) is 5.10 Å². The fourth-order valence-electron chi connectivity index (χ4n) is 6.18. The van der Waals surface area contributed by atoms with Crippen molar-refractivity contribution in [3.63, 3.8) is 0 Å². The molecule has 2 saturated carbocycles. The number of rotatable bonds is 11. The summed E-state index contributed by atoms with van der Waals surface area (Å²) in [6.07, 6.45) is 7.76. The van der Waals surface area contributed by atoms with E-state index in [2.05, 4.69) is 26.8 Å². The topological polar surface area (TPSA) is 71.9 Å². The summed E-state index contributed by atoms with van der Waals surface area (Å²) in [5, 5.41) is 8.37. The van der Waals surface area contributed by atoms with Gasteiger partial charge in [0.1, 0.15) is 0 Å². The molecule has 2 heterocycles. The minimum Gasteiger partial charge on any atom is -0.384 e. The van der Waals surface area contributed by atoms with Crippen molar-refractivity contribution in [2.45, 2.75) is 70.5 Å². The van der Waals surface area contributed by atoms with Gasteiger partial charge in [-0.25, -0.2) is 0 Å². The summed E-state index contributed by atoms with van der Waals surface area (Å²) >= 11 is 0. The molecular formula is C26H45N5O3. The molecule has 0 bridgehead atoms. The number of carbonyl (C=O) groups excluding carboxylic acids is 1. The van der Waals surface area contributed by atoms with E-state index in [4.69, 9.17) is 14.6 Å². The normalized spacial score (nSPS) is 21.0. The molecule has 0 atom stereocenters. The van der Waals surface area contributed by atoms with E-state index in [0.29, 0.717) is 11.8 Å². The molecule has 1 aromatic heterocycles. The van der Waals surface area contributed by atoms with E-state index in [0.717, 1.165) is 91.0 Å². The van der Waals surface area contributed by atoms with Crippen LogP contribution < -0.4 is 5.32 Å². The SMILES string of the molecule is CNCCN(C)Cc1nn2c(c1C1CCC(COC)(COC)CC1)CN(C(=O)C1CCC1)CC2. The molecule has 1 amide bonds. The van der Waals surface area contributed by atoms with Crippen molar-refractivity contribution in [3.8, 4) is 0 Å². The molecule has 192 valence electrons. The Kier molecular flexibility index (Phi) is 8.66. The summed E-state index contributed by atoms with van der Waals surface area (Å²) in [4.78, 5) is 17.5. The summed E-state index contributed by atoms with van der Waals surface area (Å²) in [5.41, 5.74) is 4.03. The molecule has 3 aliphatic rings. The van der Waals surface area contributed by atoms with Crippen molar-refractivity contribution < 1.29 is 14.3 Å². The van der Waals surface area contributed by atoms with Gasteiger partial charge in [0.2, 0.25) is 5.91 Å². The summed E-state index contributed by atoms with van der Waals surface area (Å²) in [5.74, 6) is 1.10. The number of ether oxygens (including phenoxy) is 2. The molecule has 0 radical (unpaired) electrons. The van der Waals surface area contributed by atoms with E-state index in [9.17, 15) is 4.79 Å². The van der Waals surface area contributed by atoms with Crippen molar-refractivity contribution in [2.24, 2.45) is 11.3 Å². The molecule has 2 aliphatic carbocycles. The number of aromatic nitrogens is 2. The number of hydrogen-bond donors (Lipinski definition) is 1. The number of carbonyl (C=O) groups is 1. The first-order valence-corrected chi connectivity index (χ1v) is 13.2. The Bertz CT molecular complexity index is 806. The molecule has 0 aromatic carbocycles. The van der Waals surface area contributed by atoms with E-state index in [1.165, 1.54) is 23.4 Å². The van der Waals surface area contributed by atoms with Crippen LogP contribution in [0.5, 0.6) is 0 Å². The smallest absolute Gasteiger partial charge is 0.226 e. The van der Waals surface area contributed by atoms with Crippen LogP contribution in [0.25, 0.3) is 0 Å². The van der Waals surface area contributed by atoms with Crippen LogP contribution in [0.1, 0.15) is 67.8 Å². The van der Waals surface area contributed by atoms with E-state index in [1.807, 2.05) is 7.05 Å². The van der Waals surface area contributed by atoms with Crippen molar-refractivity contribution >= 4 is 5.91 Å². The minimum absolute atomic E-state index is 0.114. The highest BCUT2D eigenvalue weighted by atomic mass is 16.5. The summed E-state index contributed by atoms with van der Waals surface area (Å²) in [7, 11) is 7.76. The Morgan fingerprint density at radius 2 is 1.85 bits per heavy atom. The minimum atomic E-state index is 0.114. The van der Waals surface area contributed by atoms with Crippen LogP contribution in [-0.4, -0.2) is 86.7 Å². The Morgan fingerprint density at radius 3 is 2.44 bits per heavy atom. The predicted molar refractivity (Wildman–Crippen MR) is 133 cm³/mol. The summed E-state index contributed by atoms with van der Waals surface area (Å²) < 4.78 is 13.4. The third-order valence-corrected chi connectivity index (χ3v) is 8.38. The first-order valence-electron chi connectivity index (χ1n) is 13.2. The van der Waals surface area contributed by atoms with Gasteiger partial charge < -0.3 is 19.7 Å². The molecule has 4 rings (SSSR count). The van der Waals surface area contributed by atoms with Crippen LogP contribution in [0.3, 0.4) is 0 Å². The van der Waals surface area contributed by atoms with E-state index < -0.39 is 0 Å². The van der Waals surface area contributed by atoms with Gasteiger partial charge in [-0.3, -0.25) is 14.4 Å². The quantitative estimate of drug-likeness (QED) is 0.531. The van der Waals surface area contributed by atoms with Crippen molar-refractivity contribution in [1.82, 2.24) is 24.9 Å². The van der Waals surface area contributed by atoms with Gasteiger partial charge >= 0.3 is 0 Å². The Hall–Kier alpha value is -1.48. The van der Waals surface area contributed by atoms with Crippen LogP contribution in [0.15, 0.2) is 0 Å². The van der Waals surface area contributed by atoms with Crippen LogP contribution >= 0.6 is 0 Å². The fourth-order valence-corrected chi connectivity index (χ4v) is 6.18. The predicted octanol–water partition coefficient (Wildman–Crippen LogP) is 2.61. The average Bonchev–Trinajstić information content (AvgIpc) is 3.14. The lowest BCUT2D eigenvalue weighted by molar-refractivity contribution is -0.139. The van der Waals surface area contributed by atoms with Crippen molar-refractivity contribution in [3.05, 3.63) is 17.0 Å². The Morgan fingerprint density at radius 1 is 1.15 bits per heavy atom. The molecule has 8 nitrogen and oxygen atoms in total. The highest BCUT2D eigenvalue weighted by molar-refractivity contribution is 5.79. The molecule has 0 unspecified atom stereocenters. The molecule has 1 aliphatic heterocycles. The number of hydrogen-bond acceptors (Lipinski definition) is 6. The zero-order valence-electron chi connectivity index (χ0n) is 21.8. The van der Waals surface area contributed by atoms with Crippen LogP contribution in [-0.2, 0) is 33.9 Å². The third-order valence-electron chi connectivity index (χ3n) is 8.38. The molecule has 1 N–H and O–H groups in total. The number of likely N-dealkylation sites (N-methyl/N-ethyl adjacent to an activating group) is 2. The molecule has 0 saturated heterocycles. The van der Waals surface area contributed by atoms with Crippen LogP contribution in [0, 0.1) is 11.3 Å². The maximum absolute atomic E-state index is 13.1. The van der Waals surface area contributed by atoms with Crippen molar-refractivity contribution in [1.29, 1.82) is 0 Å². The Labute approximate surface area is 205 Å². The number of nitrogens with zero attached hydrogens (tertiary/aromatic N) is 4. The first-order chi connectivity index (χ1) is 16.5. The van der Waals surface area contributed by atoms with E-state index in [1.54, 1.807) is 14.2 Å². The number of methoxy groups -OCH3 is 2. The lowest BCUT2D eigenvalue weighted by atomic mass is 9.69. The Balaban J connectivity index is 1.56. The van der Waals surface area contributed by atoms with Crippen molar-refractivity contribution in [2.75, 3.05) is 61.2 Å². The van der Waals surface area contributed by atoms with Gasteiger partial charge in [-0.15, -0.1) is 0 Å². The maximum Gasteiger partial charge on any atom is 0.226 e. The van der Waals surface area contributed by atoms with Gasteiger partial charge in [0.15, 0.2) is 0 Å². The second kappa shape index (κ2) is 11.5. The molecule has 34 heavy (non-hydrogen) atoms. The second-order valence-electron chi connectivity index (χ2n) is 10.9. The number of nitrogens with one attached hydrogen (secondary N) is 1.